The zero-order chi connectivity index (χ0) is 24.7. The van der Waals surface area contributed by atoms with Gasteiger partial charge in [0, 0.05) is 24.5 Å². The number of carboxylic acid groups (broad SMARTS) is 2. The maximum atomic E-state index is 13.1. The van der Waals surface area contributed by atoms with Gasteiger partial charge in [0.25, 0.3) is 0 Å². The molecule has 0 aliphatic heterocycles. The van der Waals surface area contributed by atoms with E-state index in [0.717, 1.165) is 34.5 Å². The van der Waals surface area contributed by atoms with Crippen LogP contribution in [-0.2, 0) is 22.7 Å². The fourth-order valence-corrected chi connectivity index (χ4v) is 3.46. The van der Waals surface area contributed by atoms with Crippen LogP contribution in [0.3, 0.4) is 0 Å². The molecule has 0 spiro atoms. The van der Waals surface area contributed by atoms with Gasteiger partial charge >= 0.3 is 11.9 Å². The lowest BCUT2D eigenvalue weighted by Crippen LogP contribution is -2.04. The van der Waals surface area contributed by atoms with E-state index in [0.29, 0.717) is 6.61 Å². The molecular weight excluding hydrogens is 439 g/mol. The standard InChI is InChI=1S/C23H21FN2O.C3H4O4/c1-16-17(2)26(14-18-6-4-3-5-7-18)23-21(12-13-25-22(16)23)27-15-19-8-10-20(24)11-9-19;4-2(5)1-3(6)7/h3-13H,14-15H2,1-2H3;1H2,(H,4,5)(H,6,7). The summed E-state index contributed by atoms with van der Waals surface area (Å²) >= 11 is 0. The predicted octanol–water partition coefficient (Wildman–Crippen LogP) is 4.97. The number of carboxylic acids is 2. The van der Waals surface area contributed by atoms with E-state index in [1.54, 1.807) is 18.3 Å². The average molecular weight is 464 g/mol. The van der Waals surface area contributed by atoms with Crippen molar-refractivity contribution in [3.8, 4) is 5.75 Å². The summed E-state index contributed by atoms with van der Waals surface area (Å²) in [7, 11) is 0. The first kappa shape index (κ1) is 24.4. The summed E-state index contributed by atoms with van der Waals surface area (Å²) in [5, 5.41) is 15.4. The number of fused-ring (bicyclic) bond motifs is 1. The molecule has 0 saturated heterocycles. The van der Waals surface area contributed by atoms with Crippen molar-refractivity contribution in [2.45, 2.75) is 33.4 Å². The number of ether oxygens (including phenoxy) is 1. The molecule has 7 nitrogen and oxygen atoms in total. The number of pyridine rings is 1. The molecule has 0 saturated carbocycles. The number of aromatic nitrogens is 2. The van der Waals surface area contributed by atoms with Crippen molar-refractivity contribution in [2.75, 3.05) is 0 Å². The van der Waals surface area contributed by atoms with Crippen LogP contribution in [0, 0.1) is 19.7 Å². The first-order chi connectivity index (χ1) is 16.3. The van der Waals surface area contributed by atoms with Gasteiger partial charge in [0.15, 0.2) is 0 Å². The van der Waals surface area contributed by atoms with Crippen LogP contribution in [0.1, 0.15) is 28.8 Å². The minimum absolute atomic E-state index is 0.243. The topological polar surface area (TPSA) is 102 Å². The summed E-state index contributed by atoms with van der Waals surface area (Å²) in [6, 6.07) is 18.6. The summed E-state index contributed by atoms with van der Waals surface area (Å²) < 4.78 is 21.5. The van der Waals surface area contributed by atoms with Crippen LogP contribution >= 0.6 is 0 Å². The smallest absolute Gasteiger partial charge is 0.314 e. The number of halogens is 1. The summed E-state index contributed by atoms with van der Waals surface area (Å²) in [6.45, 7) is 5.35. The average Bonchev–Trinajstić information content (AvgIpc) is 3.04. The van der Waals surface area contributed by atoms with Crippen LogP contribution in [0.5, 0.6) is 5.75 Å². The second-order valence-corrected chi connectivity index (χ2v) is 7.67. The second kappa shape index (κ2) is 11.1. The van der Waals surface area contributed by atoms with Crippen LogP contribution in [-0.4, -0.2) is 31.7 Å². The van der Waals surface area contributed by atoms with E-state index in [2.05, 4.69) is 35.5 Å². The Labute approximate surface area is 196 Å². The Morgan fingerprint density at radius 3 is 2.18 bits per heavy atom. The van der Waals surface area contributed by atoms with Gasteiger partial charge in [-0.2, -0.15) is 0 Å². The normalized spacial score (nSPS) is 10.4. The van der Waals surface area contributed by atoms with E-state index in [1.807, 2.05) is 24.3 Å². The molecule has 2 aromatic heterocycles. The van der Waals surface area contributed by atoms with Gasteiger partial charge in [-0.3, -0.25) is 14.6 Å². The van der Waals surface area contributed by atoms with Gasteiger partial charge < -0.3 is 19.5 Å². The maximum absolute atomic E-state index is 13.1. The number of carbonyl (C=O) groups is 2. The van der Waals surface area contributed by atoms with Gasteiger partial charge in [0.2, 0.25) is 0 Å². The van der Waals surface area contributed by atoms with Gasteiger partial charge in [-0.25, -0.2) is 4.39 Å². The van der Waals surface area contributed by atoms with E-state index >= 15 is 0 Å². The molecule has 4 aromatic rings. The van der Waals surface area contributed by atoms with Crippen molar-refractivity contribution < 1.29 is 28.9 Å². The minimum atomic E-state index is -1.31. The van der Waals surface area contributed by atoms with Crippen LogP contribution < -0.4 is 4.74 Å². The molecule has 0 unspecified atom stereocenters. The van der Waals surface area contributed by atoms with Crippen LogP contribution in [0.25, 0.3) is 11.0 Å². The van der Waals surface area contributed by atoms with Gasteiger partial charge in [0.05, 0.1) is 5.52 Å². The Kier molecular flexibility index (Phi) is 7.97. The van der Waals surface area contributed by atoms with Crippen molar-refractivity contribution in [3.63, 3.8) is 0 Å². The lowest BCUT2D eigenvalue weighted by atomic mass is 10.2. The highest BCUT2D eigenvalue weighted by molar-refractivity contribution is 5.89. The van der Waals surface area contributed by atoms with Crippen molar-refractivity contribution in [2.24, 2.45) is 0 Å². The van der Waals surface area contributed by atoms with Crippen LogP contribution in [0.2, 0.25) is 0 Å². The van der Waals surface area contributed by atoms with Gasteiger partial charge in [-0.1, -0.05) is 42.5 Å². The largest absolute Gasteiger partial charge is 0.487 e. The van der Waals surface area contributed by atoms with E-state index in [1.165, 1.54) is 23.4 Å². The molecule has 0 amide bonds. The first-order valence-electron chi connectivity index (χ1n) is 10.6. The number of hydrogen-bond acceptors (Lipinski definition) is 4. The summed E-state index contributed by atoms with van der Waals surface area (Å²) in [5.74, 6) is -2.08. The third kappa shape index (κ3) is 6.19. The molecule has 4 rings (SSSR count). The molecule has 2 heterocycles. The number of rotatable bonds is 7. The maximum Gasteiger partial charge on any atom is 0.314 e. The van der Waals surface area contributed by atoms with Crippen LogP contribution in [0.15, 0.2) is 66.9 Å². The minimum Gasteiger partial charge on any atom is -0.487 e. The zero-order valence-electron chi connectivity index (χ0n) is 18.9. The molecule has 2 aromatic carbocycles. The zero-order valence-corrected chi connectivity index (χ0v) is 18.9. The summed E-state index contributed by atoms with van der Waals surface area (Å²) in [4.78, 5) is 23.4. The first-order valence-corrected chi connectivity index (χ1v) is 10.6. The highest BCUT2D eigenvalue weighted by atomic mass is 19.1. The Bertz CT molecular complexity index is 1270. The summed E-state index contributed by atoms with van der Waals surface area (Å²) in [6.07, 6.45) is 0.974. The van der Waals surface area contributed by atoms with Crippen molar-refractivity contribution in [1.29, 1.82) is 0 Å². The molecule has 0 aliphatic rings. The van der Waals surface area contributed by atoms with Crippen molar-refractivity contribution in [1.82, 2.24) is 9.55 Å². The van der Waals surface area contributed by atoms with E-state index < -0.39 is 18.4 Å². The highest BCUT2D eigenvalue weighted by Gasteiger charge is 2.16. The Hall–Kier alpha value is -4.20. The SMILES string of the molecule is Cc1c(C)n(Cc2ccccc2)c2c(OCc3ccc(F)cc3)ccnc12.O=C(O)CC(=O)O. The van der Waals surface area contributed by atoms with E-state index in [9.17, 15) is 14.0 Å². The molecule has 0 atom stereocenters. The molecule has 34 heavy (non-hydrogen) atoms. The number of nitrogens with zero attached hydrogens (tertiary/aromatic N) is 2. The van der Waals surface area contributed by atoms with Gasteiger partial charge in [0.1, 0.15) is 30.1 Å². The van der Waals surface area contributed by atoms with E-state index in [-0.39, 0.29) is 5.82 Å². The lowest BCUT2D eigenvalue weighted by Gasteiger charge is -2.13. The monoisotopic (exact) mass is 464 g/mol. The van der Waals surface area contributed by atoms with E-state index in [4.69, 9.17) is 14.9 Å². The van der Waals surface area contributed by atoms with Crippen molar-refractivity contribution >= 4 is 23.0 Å². The number of aryl methyl sites for hydroxylation is 1. The second-order valence-electron chi connectivity index (χ2n) is 7.67. The van der Waals surface area contributed by atoms with Gasteiger partial charge in [-0.05, 0) is 42.7 Å². The Balaban J connectivity index is 0.000000406. The molecule has 0 bridgehead atoms. The number of hydrogen-bond donors (Lipinski definition) is 2. The van der Waals surface area contributed by atoms with Crippen molar-refractivity contribution in [3.05, 3.63) is 95.1 Å². The quantitative estimate of drug-likeness (QED) is 0.375. The molecular formula is C26H25FN2O5. The van der Waals surface area contributed by atoms with Crippen LogP contribution in [0.4, 0.5) is 4.39 Å². The Morgan fingerprint density at radius 1 is 0.941 bits per heavy atom. The predicted molar refractivity (Wildman–Crippen MR) is 125 cm³/mol. The molecule has 2 N–H and O–H groups in total. The number of aliphatic carboxylic acids is 2. The molecule has 0 fully saturated rings. The third-order valence-corrected chi connectivity index (χ3v) is 5.25. The molecule has 0 aliphatic carbocycles. The molecule has 8 heteroatoms. The fourth-order valence-electron chi connectivity index (χ4n) is 3.46. The number of benzene rings is 2. The summed E-state index contributed by atoms with van der Waals surface area (Å²) in [5.41, 5.74) is 6.45. The molecule has 0 radical (unpaired) electrons. The van der Waals surface area contributed by atoms with Gasteiger partial charge in [-0.15, -0.1) is 0 Å². The highest BCUT2D eigenvalue weighted by Crippen LogP contribution is 2.32. The Morgan fingerprint density at radius 2 is 1.59 bits per heavy atom. The molecule has 176 valence electrons. The lowest BCUT2D eigenvalue weighted by molar-refractivity contribution is -0.147. The third-order valence-electron chi connectivity index (χ3n) is 5.25. The fraction of sp³-hybridized carbons (Fsp3) is 0.192.